The van der Waals surface area contributed by atoms with Crippen LogP contribution in [0, 0.1) is 25.7 Å². The fourth-order valence-electron chi connectivity index (χ4n) is 4.12. The van der Waals surface area contributed by atoms with E-state index in [1.165, 1.54) is 0 Å². The second-order valence-corrected chi connectivity index (χ2v) is 7.38. The van der Waals surface area contributed by atoms with Gasteiger partial charge in [0.25, 0.3) is 0 Å². The van der Waals surface area contributed by atoms with Gasteiger partial charge in [0.1, 0.15) is 11.7 Å². The lowest BCUT2D eigenvalue weighted by Crippen LogP contribution is -2.22. The van der Waals surface area contributed by atoms with Crippen LogP contribution >= 0.6 is 11.6 Å². The van der Waals surface area contributed by atoms with Crippen molar-refractivity contribution in [1.82, 2.24) is 0 Å². The lowest BCUT2D eigenvalue weighted by Gasteiger charge is -2.24. The van der Waals surface area contributed by atoms with Crippen molar-refractivity contribution >= 4 is 23.2 Å². The van der Waals surface area contributed by atoms with Gasteiger partial charge in [0, 0.05) is 30.6 Å². The summed E-state index contributed by atoms with van der Waals surface area (Å²) in [5.41, 5.74) is 2.75. The van der Waals surface area contributed by atoms with Gasteiger partial charge < -0.3 is 4.74 Å². The van der Waals surface area contributed by atoms with E-state index in [2.05, 4.69) is 0 Å². The van der Waals surface area contributed by atoms with Crippen LogP contribution in [0.2, 0.25) is 5.02 Å². The van der Waals surface area contributed by atoms with Crippen molar-refractivity contribution in [2.75, 3.05) is 13.2 Å². The van der Waals surface area contributed by atoms with Crippen LogP contribution in [-0.4, -0.2) is 24.8 Å². The molecule has 2 aliphatic rings. The number of halogens is 1. The molecule has 1 aromatic rings. The summed E-state index contributed by atoms with van der Waals surface area (Å²) < 4.78 is 5.38. The molecule has 0 aromatic heterocycles. The summed E-state index contributed by atoms with van der Waals surface area (Å²) >= 11 is 6.08. The smallest absolute Gasteiger partial charge is 0.151 e. The van der Waals surface area contributed by atoms with Gasteiger partial charge in [-0.2, -0.15) is 0 Å². The first kappa shape index (κ1) is 16.7. The minimum absolute atomic E-state index is 0.0700. The summed E-state index contributed by atoms with van der Waals surface area (Å²) in [5, 5.41) is 0.653. The molecule has 0 bridgehead atoms. The van der Waals surface area contributed by atoms with Crippen molar-refractivity contribution in [2.24, 2.45) is 11.8 Å². The molecular weight excluding hydrogens is 312 g/mol. The zero-order valence-corrected chi connectivity index (χ0v) is 14.5. The van der Waals surface area contributed by atoms with E-state index in [0.29, 0.717) is 17.4 Å². The first-order chi connectivity index (χ1) is 11.0. The lowest BCUT2D eigenvalue weighted by atomic mass is 9.84. The van der Waals surface area contributed by atoms with Gasteiger partial charge in [-0.15, -0.1) is 0 Å². The van der Waals surface area contributed by atoms with Crippen molar-refractivity contribution < 1.29 is 14.3 Å². The molecule has 0 N–H and O–H groups in total. The van der Waals surface area contributed by atoms with Crippen LogP contribution in [0.4, 0.5) is 0 Å². The van der Waals surface area contributed by atoms with Gasteiger partial charge in [-0.3, -0.25) is 9.59 Å². The average Bonchev–Trinajstić information content (AvgIpc) is 2.75. The highest BCUT2D eigenvalue weighted by molar-refractivity contribution is 6.30. The molecule has 2 atom stereocenters. The van der Waals surface area contributed by atoms with E-state index in [-0.39, 0.29) is 17.5 Å². The van der Waals surface area contributed by atoms with Crippen LogP contribution in [0.3, 0.4) is 0 Å². The van der Waals surface area contributed by atoms with Crippen LogP contribution in [-0.2, 0) is 14.3 Å². The van der Waals surface area contributed by atoms with Gasteiger partial charge in [0.05, 0.1) is 0 Å². The molecule has 1 heterocycles. The molecule has 23 heavy (non-hydrogen) atoms. The first-order valence-corrected chi connectivity index (χ1v) is 8.76. The number of hydrogen-bond acceptors (Lipinski definition) is 3. The van der Waals surface area contributed by atoms with E-state index in [1.54, 1.807) is 0 Å². The van der Waals surface area contributed by atoms with Crippen molar-refractivity contribution in [1.29, 1.82) is 0 Å². The monoisotopic (exact) mass is 334 g/mol. The Balaban J connectivity index is 1.81. The number of carbonyl (C=O) groups excluding carboxylic acids is 2. The molecule has 2 unspecified atom stereocenters. The standard InChI is InChI=1S/C19H23ClO3/c1-11-7-15(20)8-12(2)17(11)18-16(21)10-14(19(18)22)9-13-3-5-23-6-4-13/h7-8,13-14,18H,3-6,9-10H2,1-2H3. The second-order valence-electron chi connectivity index (χ2n) is 6.95. The Bertz CT molecular complexity index is 608. The normalized spacial score (nSPS) is 26.0. The first-order valence-electron chi connectivity index (χ1n) is 8.38. The van der Waals surface area contributed by atoms with Crippen LogP contribution in [0.1, 0.15) is 48.3 Å². The third kappa shape index (κ3) is 3.36. The number of benzene rings is 1. The Hall–Kier alpha value is -1.19. The number of rotatable bonds is 3. The number of Topliss-reactive ketones (excluding diaryl/α,β-unsaturated/α-hetero) is 2. The zero-order valence-electron chi connectivity index (χ0n) is 13.7. The van der Waals surface area contributed by atoms with E-state index in [0.717, 1.165) is 49.2 Å². The zero-order chi connectivity index (χ0) is 16.6. The fourth-order valence-corrected chi connectivity index (χ4v) is 4.45. The molecule has 1 aliphatic carbocycles. The van der Waals surface area contributed by atoms with E-state index in [9.17, 15) is 9.59 Å². The molecule has 0 spiro atoms. The van der Waals surface area contributed by atoms with Crippen molar-refractivity contribution in [3.63, 3.8) is 0 Å². The maximum Gasteiger partial charge on any atom is 0.151 e. The third-order valence-corrected chi connectivity index (χ3v) is 5.48. The van der Waals surface area contributed by atoms with Crippen LogP contribution < -0.4 is 0 Å². The van der Waals surface area contributed by atoms with Crippen LogP contribution in [0.25, 0.3) is 0 Å². The third-order valence-electron chi connectivity index (χ3n) is 5.26. The largest absolute Gasteiger partial charge is 0.381 e. The SMILES string of the molecule is Cc1cc(Cl)cc(C)c1C1C(=O)CC(CC2CCOCC2)C1=O. The highest BCUT2D eigenvalue weighted by Gasteiger charge is 2.43. The number of hydrogen-bond donors (Lipinski definition) is 0. The van der Waals surface area contributed by atoms with Gasteiger partial charge in [-0.25, -0.2) is 0 Å². The molecule has 0 amide bonds. The Morgan fingerprint density at radius 1 is 1.13 bits per heavy atom. The summed E-state index contributed by atoms with van der Waals surface area (Å²) in [6, 6.07) is 3.69. The fraction of sp³-hybridized carbons (Fsp3) is 0.579. The Labute approximate surface area is 142 Å². The summed E-state index contributed by atoms with van der Waals surface area (Å²) in [6.07, 6.45) is 3.22. The van der Waals surface area contributed by atoms with Gasteiger partial charge >= 0.3 is 0 Å². The summed E-state index contributed by atoms with van der Waals surface area (Å²) in [7, 11) is 0. The van der Waals surface area contributed by atoms with E-state index in [4.69, 9.17) is 16.3 Å². The van der Waals surface area contributed by atoms with Gasteiger partial charge in [-0.05, 0) is 67.9 Å². The van der Waals surface area contributed by atoms with Crippen molar-refractivity contribution in [3.05, 3.63) is 33.8 Å². The van der Waals surface area contributed by atoms with E-state index < -0.39 is 5.92 Å². The quantitative estimate of drug-likeness (QED) is 0.784. The summed E-state index contributed by atoms with van der Waals surface area (Å²) in [4.78, 5) is 25.4. The molecule has 4 heteroatoms. The molecule has 1 aliphatic heterocycles. The Morgan fingerprint density at radius 2 is 1.74 bits per heavy atom. The molecular formula is C19H23ClO3. The van der Waals surface area contributed by atoms with E-state index >= 15 is 0 Å². The molecule has 1 saturated heterocycles. The predicted octanol–water partition coefficient (Wildman–Crippen LogP) is 4.02. The molecule has 2 fully saturated rings. The number of carbonyl (C=O) groups is 2. The predicted molar refractivity (Wildman–Crippen MR) is 89.9 cm³/mol. The topological polar surface area (TPSA) is 43.4 Å². The lowest BCUT2D eigenvalue weighted by molar-refractivity contribution is -0.125. The molecule has 1 aromatic carbocycles. The van der Waals surface area contributed by atoms with Gasteiger partial charge in [0.15, 0.2) is 5.78 Å². The molecule has 124 valence electrons. The van der Waals surface area contributed by atoms with Gasteiger partial charge in [-0.1, -0.05) is 11.6 Å². The molecule has 3 nitrogen and oxygen atoms in total. The molecule has 1 saturated carbocycles. The summed E-state index contributed by atoms with van der Waals surface area (Å²) in [6.45, 7) is 5.41. The van der Waals surface area contributed by atoms with Crippen molar-refractivity contribution in [3.8, 4) is 0 Å². The molecule has 3 rings (SSSR count). The van der Waals surface area contributed by atoms with Crippen molar-refractivity contribution in [2.45, 2.75) is 45.4 Å². The van der Waals surface area contributed by atoms with Crippen LogP contribution in [0.15, 0.2) is 12.1 Å². The Kier molecular flexibility index (Phi) is 4.88. The highest BCUT2D eigenvalue weighted by atomic mass is 35.5. The number of ether oxygens (including phenoxy) is 1. The Morgan fingerprint density at radius 3 is 2.35 bits per heavy atom. The molecule has 0 radical (unpaired) electrons. The van der Waals surface area contributed by atoms with E-state index in [1.807, 2.05) is 26.0 Å². The van der Waals surface area contributed by atoms with Gasteiger partial charge in [0.2, 0.25) is 0 Å². The highest BCUT2D eigenvalue weighted by Crippen LogP contribution is 2.40. The van der Waals surface area contributed by atoms with Crippen LogP contribution in [0.5, 0.6) is 0 Å². The number of aryl methyl sites for hydroxylation is 2. The number of ketones is 2. The second kappa shape index (κ2) is 6.74. The minimum Gasteiger partial charge on any atom is -0.381 e. The maximum atomic E-state index is 12.9. The summed E-state index contributed by atoms with van der Waals surface area (Å²) in [5.74, 6) is -0.0190. The average molecular weight is 335 g/mol. The minimum atomic E-state index is -0.586. The maximum absolute atomic E-state index is 12.9.